The van der Waals surface area contributed by atoms with Crippen molar-refractivity contribution in [1.29, 1.82) is 0 Å². The van der Waals surface area contributed by atoms with E-state index >= 15 is 0 Å². The highest BCUT2D eigenvalue weighted by atomic mass is 16.3. The molecule has 0 aromatic rings. The van der Waals surface area contributed by atoms with Crippen LogP contribution in [-0.2, 0) is 4.79 Å². The van der Waals surface area contributed by atoms with Crippen molar-refractivity contribution in [2.45, 2.75) is 26.7 Å². The third kappa shape index (κ3) is 3.76. The van der Waals surface area contributed by atoms with Gasteiger partial charge in [0.2, 0.25) is 0 Å². The number of allylic oxidation sites excluding steroid dienone is 2. The van der Waals surface area contributed by atoms with Gasteiger partial charge in [-0.1, -0.05) is 13.8 Å². The van der Waals surface area contributed by atoms with Crippen LogP contribution in [0.3, 0.4) is 0 Å². The van der Waals surface area contributed by atoms with E-state index in [9.17, 15) is 4.79 Å². The highest BCUT2D eigenvalue weighted by Crippen LogP contribution is 1.95. The van der Waals surface area contributed by atoms with E-state index in [-0.39, 0.29) is 11.5 Å². The first kappa shape index (κ1) is 8.21. The van der Waals surface area contributed by atoms with E-state index in [1.165, 1.54) is 6.08 Å². The molecule has 0 spiro atoms. The predicted octanol–water partition coefficient (Wildman–Crippen LogP) is 1.82. The molecule has 2 nitrogen and oxygen atoms in total. The molecule has 0 rings (SSSR count). The van der Waals surface area contributed by atoms with E-state index < -0.39 is 0 Å². The van der Waals surface area contributed by atoms with Crippen LogP contribution in [0, 0.1) is 0 Å². The second-order valence-corrected chi connectivity index (χ2v) is 1.81. The van der Waals surface area contributed by atoms with Gasteiger partial charge < -0.3 is 5.11 Å². The normalized spacial score (nSPS) is 11.6. The number of carbonyl (C=O) groups is 1. The van der Waals surface area contributed by atoms with Gasteiger partial charge in [0.05, 0.1) is 5.76 Å². The van der Waals surface area contributed by atoms with Crippen LogP contribution in [0.1, 0.15) is 26.7 Å². The van der Waals surface area contributed by atoms with Gasteiger partial charge in [-0.05, 0) is 0 Å². The number of hydrogen-bond acceptors (Lipinski definition) is 2. The van der Waals surface area contributed by atoms with E-state index in [0.717, 1.165) is 0 Å². The lowest BCUT2D eigenvalue weighted by molar-refractivity contribution is -0.114. The number of rotatable bonds is 3. The lowest BCUT2D eigenvalue weighted by atomic mass is 10.2. The van der Waals surface area contributed by atoms with E-state index in [0.29, 0.717) is 12.8 Å². The Kier molecular flexibility index (Phi) is 3.76. The lowest BCUT2D eigenvalue weighted by Crippen LogP contribution is -1.90. The van der Waals surface area contributed by atoms with Crippen molar-refractivity contribution in [1.82, 2.24) is 0 Å². The molecule has 0 aliphatic rings. The summed E-state index contributed by atoms with van der Waals surface area (Å²) in [5.41, 5.74) is 0. The Labute approximate surface area is 55.2 Å². The number of aliphatic hydroxyl groups is 1. The number of hydrogen-bond donors (Lipinski definition) is 1. The molecule has 52 valence electrons. The minimum atomic E-state index is -0.0191. The Balaban J connectivity index is 3.79. The van der Waals surface area contributed by atoms with Crippen LogP contribution < -0.4 is 0 Å². The molecule has 2 heteroatoms. The monoisotopic (exact) mass is 128 g/mol. The maximum atomic E-state index is 10.5. The fourth-order valence-corrected chi connectivity index (χ4v) is 0.390. The van der Waals surface area contributed by atoms with Gasteiger partial charge in [0, 0.05) is 18.9 Å². The van der Waals surface area contributed by atoms with Crippen LogP contribution in [0.5, 0.6) is 0 Å². The third-order valence-electron chi connectivity index (χ3n) is 1.04. The van der Waals surface area contributed by atoms with Crippen molar-refractivity contribution < 1.29 is 9.90 Å². The summed E-state index contributed by atoms with van der Waals surface area (Å²) in [6.07, 6.45) is 2.27. The molecule has 0 radical (unpaired) electrons. The van der Waals surface area contributed by atoms with E-state index in [2.05, 4.69) is 0 Å². The second kappa shape index (κ2) is 4.13. The Morgan fingerprint density at radius 3 is 2.33 bits per heavy atom. The van der Waals surface area contributed by atoms with Crippen molar-refractivity contribution in [3.63, 3.8) is 0 Å². The molecule has 0 bridgehead atoms. The van der Waals surface area contributed by atoms with Crippen LogP contribution in [0.2, 0.25) is 0 Å². The average Bonchev–Trinajstić information content (AvgIpc) is 1.87. The summed E-state index contributed by atoms with van der Waals surface area (Å²) < 4.78 is 0. The minimum absolute atomic E-state index is 0.0191. The zero-order valence-corrected chi connectivity index (χ0v) is 5.85. The highest BCUT2D eigenvalue weighted by Gasteiger charge is 1.93. The molecule has 0 aromatic heterocycles. The molecule has 0 aliphatic heterocycles. The van der Waals surface area contributed by atoms with Gasteiger partial charge in [-0.3, -0.25) is 4.79 Å². The lowest BCUT2D eigenvalue weighted by Gasteiger charge is -1.90. The Morgan fingerprint density at radius 1 is 1.44 bits per heavy atom. The van der Waals surface area contributed by atoms with Crippen LogP contribution in [-0.4, -0.2) is 10.9 Å². The minimum Gasteiger partial charge on any atom is -0.512 e. The first-order valence-electron chi connectivity index (χ1n) is 3.13. The average molecular weight is 128 g/mol. The van der Waals surface area contributed by atoms with Gasteiger partial charge in [0.25, 0.3) is 0 Å². The maximum Gasteiger partial charge on any atom is 0.158 e. The fraction of sp³-hybridized carbons (Fsp3) is 0.571. The van der Waals surface area contributed by atoms with Gasteiger partial charge in [-0.25, -0.2) is 0 Å². The molecular weight excluding hydrogens is 116 g/mol. The van der Waals surface area contributed by atoms with Gasteiger partial charge >= 0.3 is 0 Å². The zero-order valence-electron chi connectivity index (χ0n) is 5.85. The molecule has 9 heavy (non-hydrogen) atoms. The molecular formula is C7H12O2. The second-order valence-electron chi connectivity index (χ2n) is 1.81. The summed E-state index contributed by atoms with van der Waals surface area (Å²) >= 11 is 0. The SMILES string of the molecule is CCC(=O)/C=C(/O)CC. The molecule has 1 N–H and O–H groups in total. The first-order chi connectivity index (χ1) is 4.20. The fourth-order valence-electron chi connectivity index (χ4n) is 0.390. The Hall–Kier alpha value is -0.790. The molecule has 0 heterocycles. The molecule has 0 saturated carbocycles. The van der Waals surface area contributed by atoms with Crippen molar-refractivity contribution in [3.05, 3.63) is 11.8 Å². The standard InChI is InChI=1S/C7H12O2/c1-3-6(8)5-7(9)4-2/h5,8H,3-4H2,1-2H3/b6-5+. The van der Waals surface area contributed by atoms with Crippen molar-refractivity contribution >= 4 is 5.78 Å². The summed E-state index contributed by atoms with van der Waals surface area (Å²) in [5, 5.41) is 8.80. The highest BCUT2D eigenvalue weighted by molar-refractivity contribution is 5.89. The van der Waals surface area contributed by atoms with Gasteiger partial charge in [-0.15, -0.1) is 0 Å². The number of carbonyl (C=O) groups excluding carboxylic acids is 1. The molecule has 0 aliphatic carbocycles. The Morgan fingerprint density at radius 2 is 2.00 bits per heavy atom. The van der Waals surface area contributed by atoms with Crippen molar-refractivity contribution in [2.24, 2.45) is 0 Å². The van der Waals surface area contributed by atoms with Crippen molar-refractivity contribution in [2.75, 3.05) is 0 Å². The van der Waals surface area contributed by atoms with Crippen LogP contribution in [0.25, 0.3) is 0 Å². The molecule has 0 atom stereocenters. The summed E-state index contributed by atoms with van der Waals surface area (Å²) in [6, 6.07) is 0. The number of ketones is 1. The molecule has 0 unspecified atom stereocenters. The van der Waals surface area contributed by atoms with Crippen LogP contribution in [0.15, 0.2) is 11.8 Å². The van der Waals surface area contributed by atoms with E-state index in [4.69, 9.17) is 5.11 Å². The molecule has 0 amide bonds. The van der Waals surface area contributed by atoms with Crippen LogP contribution in [0.4, 0.5) is 0 Å². The quantitative estimate of drug-likeness (QED) is 0.465. The summed E-state index contributed by atoms with van der Waals surface area (Å²) in [6.45, 7) is 3.57. The van der Waals surface area contributed by atoms with Gasteiger partial charge in [-0.2, -0.15) is 0 Å². The van der Waals surface area contributed by atoms with Crippen molar-refractivity contribution in [3.8, 4) is 0 Å². The van der Waals surface area contributed by atoms with Gasteiger partial charge in [0.15, 0.2) is 5.78 Å². The van der Waals surface area contributed by atoms with E-state index in [1.54, 1.807) is 13.8 Å². The molecule has 0 aromatic carbocycles. The Bertz CT molecular complexity index is 125. The first-order valence-corrected chi connectivity index (χ1v) is 3.13. The molecule has 0 saturated heterocycles. The third-order valence-corrected chi connectivity index (χ3v) is 1.04. The van der Waals surface area contributed by atoms with Gasteiger partial charge in [0.1, 0.15) is 0 Å². The summed E-state index contributed by atoms with van der Waals surface area (Å²) in [5.74, 6) is 0.149. The predicted molar refractivity (Wildman–Crippen MR) is 36.3 cm³/mol. The largest absolute Gasteiger partial charge is 0.512 e. The molecule has 0 fully saturated rings. The number of aliphatic hydroxyl groups excluding tert-OH is 1. The zero-order chi connectivity index (χ0) is 7.28. The smallest absolute Gasteiger partial charge is 0.158 e. The maximum absolute atomic E-state index is 10.5. The summed E-state index contributed by atoms with van der Waals surface area (Å²) in [7, 11) is 0. The van der Waals surface area contributed by atoms with Crippen LogP contribution >= 0.6 is 0 Å². The topological polar surface area (TPSA) is 37.3 Å². The summed E-state index contributed by atoms with van der Waals surface area (Å²) in [4.78, 5) is 10.5. The van der Waals surface area contributed by atoms with E-state index in [1.807, 2.05) is 0 Å².